The maximum Gasteiger partial charge on any atom is 0.344 e. The number of esters is 1. The van der Waals surface area contributed by atoms with Crippen LogP contribution in [0.1, 0.15) is 19.4 Å². The molecular formula is C14H21NO4. The zero-order valence-corrected chi connectivity index (χ0v) is 11.9. The van der Waals surface area contributed by atoms with Crippen LogP contribution in [-0.4, -0.2) is 32.8 Å². The van der Waals surface area contributed by atoms with Gasteiger partial charge in [0, 0.05) is 12.1 Å². The van der Waals surface area contributed by atoms with Crippen molar-refractivity contribution in [2.45, 2.75) is 26.5 Å². The number of ether oxygens (including phenoxy) is 3. The van der Waals surface area contributed by atoms with Gasteiger partial charge in [-0.05, 0) is 39.1 Å². The van der Waals surface area contributed by atoms with Crippen LogP contribution in [0.4, 0.5) is 0 Å². The first-order valence-corrected chi connectivity index (χ1v) is 6.20. The number of hydrogen-bond donors (Lipinski definition) is 1. The van der Waals surface area contributed by atoms with E-state index in [-0.39, 0.29) is 18.7 Å². The summed E-state index contributed by atoms with van der Waals surface area (Å²) in [6, 6.07) is 5.45. The van der Waals surface area contributed by atoms with Crippen molar-refractivity contribution in [3.8, 4) is 11.5 Å². The van der Waals surface area contributed by atoms with E-state index in [9.17, 15) is 4.79 Å². The minimum Gasteiger partial charge on any atom is -0.497 e. The van der Waals surface area contributed by atoms with Gasteiger partial charge in [-0.15, -0.1) is 0 Å². The summed E-state index contributed by atoms with van der Waals surface area (Å²) in [4.78, 5) is 11.4. The predicted molar refractivity (Wildman–Crippen MR) is 72.5 cm³/mol. The average Bonchev–Trinajstić information content (AvgIpc) is 2.36. The molecule has 0 aliphatic rings. The van der Waals surface area contributed by atoms with Crippen LogP contribution in [0.3, 0.4) is 0 Å². The lowest BCUT2D eigenvalue weighted by Crippen LogP contribution is -2.19. The van der Waals surface area contributed by atoms with Gasteiger partial charge in [0.25, 0.3) is 0 Å². The fraction of sp³-hybridized carbons (Fsp3) is 0.500. The summed E-state index contributed by atoms with van der Waals surface area (Å²) in [7, 11) is 3.45. The zero-order chi connectivity index (χ0) is 14.3. The molecule has 19 heavy (non-hydrogen) atoms. The second-order valence-electron chi connectivity index (χ2n) is 4.33. The van der Waals surface area contributed by atoms with Crippen molar-refractivity contribution in [1.29, 1.82) is 0 Å². The third-order valence-corrected chi connectivity index (χ3v) is 2.35. The molecule has 0 atom stereocenters. The summed E-state index contributed by atoms with van der Waals surface area (Å²) in [6.07, 6.45) is -0.135. The van der Waals surface area contributed by atoms with Crippen LogP contribution in [-0.2, 0) is 16.1 Å². The van der Waals surface area contributed by atoms with Crippen LogP contribution < -0.4 is 14.8 Å². The fourth-order valence-electron chi connectivity index (χ4n) is 1.59. The molecule has 0 saturated carbocycles. The Labute approximate surface area is 113 Å². The molecule has 0 heterocycles. The van der Waals surface area contributed by atoms with E-state index < -0.39 is 0 Å². The van der Waals surface area contributed by atoms with Crippen LogP contribution >= 0.6 is 0 Å². The molecule has 1 aromatic rings. The fourth-order valence-corrected chi connectivity index (χ4v) is 1.59. The number of nitrogens with one attached hydrogen (secondary N) is 1. The van der Waals surface area contributed by atoms with Gasteiger partial charge in [0.2, 0.25) is 0 Å². The standard InChI is InChI=1S/C14H21NO4/c1-10(2)19-14(16)9-18-13-6-5-12(17-4)7-11(13)8-15-3/h5-7,10,15H,8-9H2,1-4H3. The van der Waals surface area contributed by atoms with E-state index in [0.717, 1.165) is 11.3 Å². The van der Waals surface area contributed by atoms with E-state index >= 15 is 0 Å². The maximum absolute atomic E-state index is 11.4. The van der Waals surface area contributed by atoms with Gasteiger partial charge in [-0.3, -0.25) is 0 Å². The lowest BCUT2D eigenvalue weighted by molar-refractivity contribution is -0.149. The Balaban J connectivity index is 2.68. The number of rotatable bonds is 7. The number of benzene rings is 1. The molecule has 5 heteroatoms. The second kappa shape index (κ2) is 7.63. The van der Waals surface area contributed by atoms with Gasteiger partial charge < -0.3 is 19.5 Å². The monoisotopic (exact) mass is 267 g/mol. The van der Waals surface area contributed by atoms with Crippen molar-refractivity contribution in [3.63, 3.8) is 0 Å². The van der Waals surface area contributed by atoms with E-state index in [1.54, 1.807) is 33.1 Å². The normalized spacial score (nSPS) is 10.4. The van der Waals surface area contributed by atoms with Crippen molar-refractivity contribution in [3.05, 3.63) is 23.8 Å². The molecule has 0 aromatic heterocycles. The van der Waals surface area contributed by atoms with E-state index in [1.807, 2.05) is 13.1 Å². The Hall–Kier alpha value is -1.75. The van der Waals surface area contributed by atoms with Crippen molar-refractivity contribution < 1.29 is 19.0 Å². The van der Waals surface area contributed by atoms with Crippen molar-refractivity contribution in [2.24, 2.45) is 0 Å². The molecule has 1 aromatic carbocycles. The molecule has 0 saturated heterocycles. The molecule has 0 fully saturated rings. The Bertz CT molecular complexity index is 418. The first kappa shape index (κ1) is 15.3. The third-order valence-electron chi connectivity index (χ3n) is 2.35. The molecule has 0 spiro atoms. The number of hydrogen-bond acceptors (Lipinski definition) is 5. The van der Waals surface area contributed by atoms with E-state index in [0.29, 0.717) is 12.3 Å². The zero-order valence-electron chi connectivity index (χ0n) is 11.9. The summed E-state index contributed by atoms with van der Waals surface area (Å²) < 4.78 is 15.7. The highest BCUT2D eigenvalue weighted by atomic mass is 16.6. The van der Waals surface area contributed by atoms with Crippen LogP contribution in [0.25, 0.3) is 0 Å². The molecule has 5 nitrogen and oxygen atoms in total. The quantitative estimate of drug-likeness (QED) is 0.763. The minimum absolute atomic E-state index is 0.0960. The predicted octanol–water partition coefficient (Wildman–Crippen LogP) is 1.74. The molecule has 0 unspecified atom stereocenters. The van der Waals surface area contributed by atoms with Crippen molar-refractivity contribution in [2.75, 3.05) is 20.8 Å². The molecular weight excluding hydrogens is 246 g/mol. The van der Waals surface area contributed by atoms with E-state index in [4.69, 9.17) is 14.2 Å². The number of carbonyl (C=O) groups excluding carboxylic acids is 1. The summed E-state index contributed by atoms with van der Waals surface area (Å²) in [5.41, 5.74) is 0.930. The average molecular weight is 267 g/mol. The molecule has 0 amide bonds. The lowest BCUT2D eigenvalue weighted by atomic mass is 10.2. The summed E-state index contributed by atoms with van der Waals surface area (Å²) >= 11 is 0. The lowest BCUT2D eigenvalue weighted by Gasteiger charge is -2.13. The van der Waals surface area contributed by atoms with Crippen LogP contribution in [0.2, 0.25) is 0 Å². The first-order chi connectivity index (χ1) is 9.06. The van der Waals surface area contributed by atoms with Crippen LogP contribution in [0, 0.1) is 0 Å². The van der Waals surface area contributed by atoms with Gasteiger partial charge in [0.1, 0.15) is 11.5 Å². The van der Waals surface area contributed by atoms with Gasteiger partial charge in [-0.2, -0.15) is 0 Å². The third kappa shape index (κ3) is 5.18. The Morgan fingerprint density at radius 2 is 2.11 bits per heavy atom. The Morgan fingerprint density at radius 1 is 1.37 bits per heavy atom. The smallest absolute Gasteiger partial charge is 0.344 e. The van der Waals surface area contributed by atoms with Gasteiger partial charge >= 0.3 is 5.97 Å². The Morgan fingerprint density at radius 3 is 2.68 bits per heavy atom. The number of carbonyl (C=O) groups is 1. The van der Waals surface area contributed by atoms with Crippen LogP contribution in [0.15, 0.2) is 18.2 Å². The van der Waals surface area contributed by atoms with E-state index in [2.05, 4.69) is 5.32 Å². The van der Waals surface area contributed by atoms with Gasteiger partial charge in [0.05, 0.1) is 13.2 Å². The molecule has 1 N–H and O–H groups in total. The highest BCUT2D eigenvalue weighted by Crippen LogP contribution is 2.24. The second-order valence-corrected chi connectivity index (χ2v) is 4.33. The molecule has 1 rings (SSSR count). The van der Waals surface area contributed by atoms with Crippen molar-refractivity contribution in [1.82, 2.24) is 5.32 Å². The highest BCUT2D eigenvalue weighted by molar-refractivity contribution is 5.71. The molecule has 0 radical (unpaired) electrons. The van der Waals surface area contributed by atoms with Gasteiger partial charge in [0.15, 0.2) is 6.61 Å². The highest BCUT2D eigenvalue weighted by Gasteiger charge is 2.10. The van der Waals surface area contributed by atoms with Gasteiger partial charge in [-0.25, -0.2) is 4.79 Å². The largest absolute Gasteiger partial charge is 0.497 e. The minimum atomic E-state index is -0.374. The van der Waals surface area contributed by atoms with Crippen LogP contribution in [0.5, 0.6) is 11.5 Å². The van der Waals surface area contributed by atoms with Gasteiger partial charge in [-0.1, -0.05) is 0 Å². The summed E-state index contributed by atoms with van der Waals surface area (Å²) in [5.74, 6) is 1.03. The Kier molecular flexibility index (Phi) is 6.15. The topological polar surface area (TPSA) is 56.8 Å². The number of methoxy groups -OCH3 is 1. The SMILES string of the molecule is CNCc1cc(OC)ccc1OCC(=O)OC(C)C. The van der Waals surface area contributed by atoms with Crippen molar-refractivity contribution >= 4 is 5.97 Å². The molecule has 0 aliphatic heterocycles. The summed E-state index contributed by atoms with van der Waals surface area (Å²) in [5, 5.41) is 3.04. The molecule has 0 bridgehead atoms. The van der Waals surface area contributed by atoms with E-state index in [1.165, 1.54) is 0 Å². The maximum atomic E-state index is 11.4. The summed E-state index contributed by atoms with van der Waals surface area (Å²) in [6.45, 7) is 4.14. The molecule has 106 valence electrons. The molecule has 0 aliphatic carbocycles. The first-order valence-electron chi connectivity index (χ1n) is 6.20.